The molecular formula is C23H28N2O4S. The van der Waals surface area contributed by atoms with E-state index in [0.717, 1.165) is 28.8 Å². The molecule has 7 heteroatoms. The molecule has 2 atom stereocenters. The minimum Gasteiger partial charge on any atom is -0.481 e. The largest absolute Gasteiger partial charge is 0.481 e. The zero-order chi connectivity index (χ0) is 22.0. The highest BCUT2D eigenvalue weighted by atomic mass is 32.1. The summed E-state index contributed by atoms with van der Waals surface area (Å²) in [5, 5.41) is 12.7. The number of rotatable bonds is 6. The molecule has 2 aromatic rings. The standard InChI is InChI=1S/C23H28N2O4S/c1-12(2)14-8-10-15(11-9-14)18-13(3)30-22(19(18)20(24)26)25-21(27)16-6-4-5-7-17(16)23(28)29/h8-12,16-17H,4-7H2,1-3H3,(H2,24,26)(H,25,27)(H,28,29)/t16-,17+/m1/s1. The molecule has 30 heavy (non-hydrogen) atoms. The summed E-state index contributed by atoms with van der Waals surface area (Å²) in [7, 11) is 0. The lowest BCUT2D eigenvalue weighted by molar-refractivity contribution is -0.147. The predicted molar refractivity (Wildman–Crippen MR) is 119 cm³/mol. The first-order valence-electron chi connectivity index (χ1n) is 10.3. The number of carbonyl (C=O) groups excluding carboxylic acids is 2. The normalized spacial score (nSPS) is 18.9. The van der Waals surface area contributed by atoms with Gasteiger partial charge in [-0.25, -0.2) is 0 Å². The SMILES string of the molecule is Cc1sc(NC(=O)[C@@H]2CCCC[C@@H]2C(=O)O)c(C(N)=O)c1-c1ccc(C(C)C)cc1. The second kappa shape index (κ2) is 9.00. The number of carboxylic acid groups (broad SMARTS) is 1. The Hall–Kier alpha value is -2.67. The zero-order valence-corrected chi connectivity index (χ0v) is 18.3. The van der Waals surface area contributed by atoms with Crippen LogP contribution in [0.4, 0.5) is 5.00 Å². The highest BCUT2D eigenvalue weighted by Gasteiger charge is 2.36. The van der Waals surface area contributed by atoms with Crippen molar-refractivity contribution in [3.63, 3.8) is 0 Å². The Balaban J connectivity index is 1.94. The molecular weight excluding hydrogens is 400 g/mol. The Morgan fingerprint density at radius 1 is 1.10 bits per heavy atom. The fourth-order valence-corrected chi connectivity index (χ4v) is 5.28. The van der Waals surface area contributed by atoms with E-state index in [0.29, 0.717) is 23.8 Å². The van der Waals surface area contributed by atoms with E-state index in [1.54, 1.807) is 0 Å². The van der Waals surface area contributed by atoms with E-state index in [4.69, 9.17) is 5.73 Å². The van der Waals surface area contributed by atoms with Crippen molar-refractivity contribution >= 4 is 34.1 Å². The van der Waals surface area contributed by atoms with Gasteiger partial charge in [0.1, 0.15) is 5.00 Å². The number of thiophene rings is 1. The fraction of sp³-hybridized carbons (Fsp3) is 0.435. The first-order valence-corrected chi connectivity index (χ1v) is 11.1. The maximum absolute atomic E-state index is 12.9. The number of nitrogens with one attached hydrogen (secondary N) is 1. The molecule has 0 unspecified atom stereocenters. The van der Waals surface area contributed by atoms with Gasteiger partial charge in [-0.15, -0.1) is 11.3 Å². The van der Waals surface area contributed by atoms with Crippen molar-refractivity contribution in [2.24, 2.45) is 17.6 Å². The monoisotopic (exact) mass is 428 g/mol. The lowest BCUT2D eigenvalue weighted by Crippen LogP contribution is -2.36. The second-order valence-corrected chi connectivity index (χ2v) is 9.43. The molecule has 1 aliphatic carbocycles. The van der Waals surface area contributed by atoms with Crippen LogP contribution < -0.4 is 11.1 Å². The fourth-order valence-electron chi connectivity index (χ4n) is 4.19. The summed E-state index contributed by atoms with van der Waals surface area (Å²) in [4.78, 5) is 37.7. The van der Waals surface area contributed by atoms with Crippen LogP contribution in [0.3, 0.4) is 0 Å². The van der Waals surface area contributed by atoms with E-state index >= 15 is 0 Å². The number of amides is 2. The van der Waals surface area contributed by atoms with Crippen molar-refractivity contribution in [3.8, 4) is 11.1 Å². The number of hydrogen-bond acceptors (Lipinski definition) is 4. The first-order chi connectivity index (χ1) is 14.2. The van der Waals surface area contributed by atoms with Crippen molar-refractivity contribution in [1.29, 1.82) is 0 Å². The van der Waals surface area contributed by atoms with Crippen LogP contribution in [0, 0.1) is 18.8 Å². The van der Waals surface area contributed by atoms with E-state index in [1.165, 1.54) is 16.9 Å². The number of anilines is 1. The number of aryl methyl sites for hydroxylation is 1. The Morgan fingerprint density at radius 2 is 1.70 bits per heavy atom. The number of nitrogens with two attached hydrogens (primary N) is 1. The number of primary amides is 1. The number of carboxylic acids is 1. The van der Waals surface area contributed by atoms with Crippen LogP contribution in [-0.2, 0) is 9.59 Å². The van der Waals surface area contributed by atoms with Crippen LogP contribution in [0.1, 0.15) is 66.2 Å². The molecule has 6 nitrogen and oxygen atoms in total. The lowest BCUT2D eigenvalue weighted by Gasteiger charge is -2.27. The van der Waals surface area contributed by atoms with Gasteiger partial charge in [0, 0.05) is 10.4 Å². The van der Waals surface area contributed by atoms with Crippen molar-refractivity contribution in [2.45, 2.75) is 52.4 Å². The summed E-state index contributed by atoms with van der Waals surface area (Å²) in [6.07, 6.45) is 2.65. The quantitative estimate of drug-likeness (QED) is 0.615. The number of benzene rings is 1. The summed E-state index contributed by atoms with van der Waals surface area (Å²) in [5.41, 5.74) is 8.76. The van der Waals surface area contributed by atoms with Gasteiger partial charge in [-0.1, -0.05) is 51.0 Å². The van der Waals surface area contributed by atoms with Gasteiger partial charge in [0.2, 0.25) is 5.91 Å². The van der Waals surface area contributed by atoms with Gasteiger partial charge in [-0.05, 0) is 36.8 Å². The Morgan fingerprint density at radius 3 is 2.23 bits per heavy atom. The number of hydrogen-bond donors (Lipinski definition) is 3. The minimum atomic E-state index is -0.946. The minimum absolute atomic E-state index is 0.283. The van der Waals surface area contributed by atoms with Gasteiger partial charge in [-0.2, -0.15) is 0 Å². The summed E-state index contributed by atoms with van der Waals surface area (Å²) in [6, 6.07) is 7.98. The van der Waals surface area contributed by atoms with Gasteiger partial charge in [0.25, 0.3) is 5.91 Å². The molecule has 0 radical (unpaired) electrons. The molecule has 1 saturated carbocycles. The summed E-state index contributed by atoms with van der Waals surface area (Å²) in [6.45, 7) is 6.12. The third-order valence-electron chi connectivity index (χ3n) is 5.85. The van der Waals surface area contributed by atoms with E-state index in [2.05, 4.69) is 19.2 Å². The first kappa shape index (κ1) is 22.0. The van der Waals surface area contributed by atoms with Gasteiger partial charge < -0.3 is 16.2 Å². The average molecular weight is 429 g/mol. The molecule has 160 valence electrons. The lowest BCUT2D eigenvalue weighted by atomic mass is 9.78. The van der Waals surface area contributed by atoms with Crippen LogP contribution in [0.15, 0.2) is 24.3 Å². The van der Waals surface area contributed by atoms with Gasteiger partial charge in [0.15, 0.2) is 0 Å². The van der Waals surface area contributed by atoms with Gasteiger partial charge >= 0.3 is 5.97 Å². The predicted octanol–water partition coefficient (Wildman–Crippen LogP) is 4.78. The molecule has 2 amide bonds. The molecule has 0 bridgehead atoms. The Kier molecular flexibility index (Phi) is 6.61. The van der Waals surface area contributed by atoms with Crippen LogP contribution >= 0.6 is 11.3 Å². The second-order valence-electron chi connectivity index (χ2n) is 8.20. The smallest absolute Gasteiger partial charge is 0.307 e. The molecule has 3 rings (SSSR count). The molecule has 1 aromatic heterocycles. The maximum Gasteiger partial charge on any atom is 0.307 e. The average Bonchev–Trinajstić information content (AvgIpc) is 3.03. The highest BCUT2D eigenvalue weighted by molar-refractivity contribution is 7.17. The summed E-state index contributed by atoms with van der Waals surface area (Å²) in [5.74, 6) is -2.82. The van der Waals surface area contributed by atoms with Crippen molar-refractivity contribution < 1.29 is 19.5 Å². The van der Waals surface area contributed by atoms with Crippen molar-refractivity contribution in [3.05, 3.63) is 40.3 Å². The Labute approximate surface area is 180 Å². The van der Waals surface area contributed by atoms with E-state index in [9.17, 15) is 19.5 Å². The summed E-state index contributed by atoms with van der Waals surface area (Å²) >= 11 is 1.30. The molecule has 4 N–H and O–H groups in total. The van der Waals surface area contributed by atoms with E-state index < -0.39 is 23.7 Å². The van der Waals surface area contributed by atoms with Crippen LogP contribution in [0.5, 0.6) is 0 Å². The maximum atomic E-state index is 12.9. The molecule has 0 spiro atoms. The number of aliphatic carboxylic acids is 1. The van der Waals surface area contributed by atoms with Crippen molar-refractivity contribution in [2.75, 3.05) is 5.32 Å². The van der Waals surface area contributed by atoms with E-state index in [-0.39, 0.29) is 11.5 Å². The molecule has 1 aromatic carbocycles. The van der Waals surface area contributed by atoms with Crippen LogP contribution in [0.25, 0.3) is 11.1 Å². The van der Waals surface area contributed by atoms with Crippen molar-refractivity contribution in [1.82, 2.24) is 0 Å². The molecule has 0 aliphatic heterocycles. The van der Waals surface area contributed by atoms with Crippen LogP contribution in [0.2, 0.25) is 0 Å². The van der Waals surface area contributed by atoms with Gasteiger partial charge in [-0.3, -0.25) is 14.4 Å². The highest BCUT2D eigenvalue weighted by Crippen LogP contribution is 2.41. The molecule has 1 fully saturated rings. The third kappa shape index (κ3) is 4.41. The van der Waals surface area contributed by atoms with Gasteiger partial charge in [0.05, 0.1) is 17.4 Å². The van der Waals surface area contributed by atoms with Crippen LogP contribution in [-0.4, -0.2) is 22.9 Å². The summed E-state index contributed by atoms with van der Waals surface area (Å²) < 4.78 is 0. The number of carbonyl (C=O) groups is 3. The topological polar surface area (TPSA) is 109 Å². The Bertz CT molecular complexity index is 962. The molecule has 1 heterocycles. The molecule has 1 aliphatic rings. The zero-order valence-electron chi connectivity index (χ0n) is 17.5. The third-order valence-corrected chi connectivity index (χ3v) is 6.87. The van der Waals surface area contributed by atoms with E-state index in [1.807, 2.05) is 31.2 Å². The molecule has 0 saturated heterocycles.